The SMILES string of the molecule is COCCOCc1cccc(NC2CCOC(C)(C)C2)c1. The molecule has 21 heavy (non-hydrogen) atoms. The van der Waals surface area contributed by atoms with Crippen molar-refractivity contribution >= 4 is 5.69 Å². The van der Waals surface area contributed by atoms with Crippen LogP contribution in [0.3, 0.4) is 0 Å². The highest BCUT2D eigenvalue weighted by Gasteiger charge is 2.28. The van der Waals surface area contributed by atoms with Crippen molar-refractivity contribution in [3.63, 3.8) is 0 Å². The Morgan fingerprint density at radius 3 is 2.95 bits per heavy atom. The number of anilines is 1. The van der Waals surface area contributed by atoms with Gasteiger partial charge in [-0.15, -0.1) is 0 Å². The highest BCUT2D eigenvalue weighted by molar-refractivity contribution is 5.46. The van der Waals surface area contributed by atoms with E-state index in [0.717, 1.165) is 25.1 Å². The molecule has 0 bridgehead atoms. The molecule has 1 N–H and O–H groups in total. The quantitative estimate of drug-likeness (QED) is 0.784. The fraction of sp³-hybridized carbons (Fsp3) is 0.647. The first kappa shape index (κ1) is 16.3. The standard InChI is InChI=1S/C17H27NO3/c1-17(2)12-16(7-8-21-17)18-15-6-4-5-14(11-15)13-20-10-9-19-3/h4-6,11,16,18H,7-10,12-13H2,1-3H3. The van der Waals surface area contributed by atoms with Crippen LogP contribution in [0.15, 0.2) is 24.3 Å². The minimum Gasteiger partial charge on any atom is -0.382 e. The van der Waals surface area contributed by atoms with Gasteiger partial charge in [0.2, 0.25) is 0 Å². The van der Waals surface area contributed by atoms with Crippen molar-refractivity contribution in [3.8, 4) is 0 Å². The molecule has 0 radical (unpaired) electrons. The maximum atomic E-state index is 5.76. The maximum Gasteiger partial charge on any atom is 0.0718 e. The summed E-state index contributed by atoms with van der Waals surface area (Å²) in [6.07, 6.45) is 2.08. The Hall–Kier alpha value is -1.10. The van der Waals surface area contributed by atoms with Gasteiger partial charge in [0.25, 0.3) is 0 Å². The molecule has 4 heteroatoms. The Morgan fingerprint density at radius 1 is 1.33 bits per heavy atom. The van der Waals surface area contributed by atoms with Gasteiger partial charge in [0.05, 0.1) is 25.4 Å². The molecule has 1 aromatic carbocycles. The van der Waals surface area contributed by atoms with E-state index in [1.54, 1.807) is 7.11 Å². The molecule has 1 heterocycles. The van der Waals surface area contributed by atoms with Crippen LogP contribution in [0, 0.1) is 0 Å². The molecule has 1 fully saturated rings. The first-order valence-corrected chi connectivity index (χ1v) is 7.65. The molecule has 0 aromatic heterocycles. The van der Waals surface area contributed by atoms with E-state index >= 15 is 0 Å². The third-order valence-corrected chi connectivity index (χ3v) is 3.70. The predicted molar refractivity (Wildman–Crippen MR) is 84.6 cm³/mol. The number of rotatable bonds is 7. The van der Waals surface area contributed by atoms with Crippen LogP contribution in [-0.4, -0.2) is 38.6 Å². The fourth-order valence-corrected chi connectivity index (χ4v) is 2.67. The average molecular weight is 293 g/mol. The third kappa shape index (κ3) is 5.65. The second-order valence-electron chi connectivity index (χ2n) is 6.19. The van der Waals surface area contributed by atoms with Crippen molar-refractivity contribution in [1.82, 2.24) is 0 Å². The van der Waals surface area contributed by atoms with Crippen molar-refractivity contribution < 1.29 is 14.2 Å². The Labute approximate surface area is 127 Å². The van der Waals surface area contributed by atoms with E-state index in [9.17, 15) is 0 Å². The number of hydrogen-bond donors (Lipinski definition) is 1. The van der Waals surface area contributed by atoms with Crippen LogP contribution in [0.2, 0.25) is 0 Å². The lowest BCUT2D eigenvalue weighted by atomic mass is 9.94. The number of benzene rings is 1. The molecular formula is C17H27NO3. The summed E-state index contributed by atoms with van der Waals surface area (Å²) in [4.78, 5) is 0. The van der Waals surface area contributed by atoms with Gasteiger partial charge in [0.15, 0.2) is 0 Å². The molecule has 118 valence electrons. The van der Waals surface area contributed by atoms with Gasteiger partial charge in [-0.1, -0.05) is 12.1 Å². The number of nitrogens with one attached hydrogen (secondary N) is 1. The van der Waals surface area contributed by atoms with Gasteiger partial charge >= 0.3 is 0 Å². The molecule has 1 atom stereocenters. The first-order chi connectivity index (χ1) is 10.1. The molecule has 1 aliphatic rings. The van der Waals surface area contributed by atoms with Crippen LogP contribution in [0.25, 0.3) is 0 Å². The number of ether oxygens (including phenoxy) is 3. The van der Waals surface area contributed by atoms with Crippen LogP contribution in [0.4, 0.5) is 5.69 Å². The molecule has 1 aromatic rings. The van der Waals surface area contributed by atoms with Crippen LogP contribution in [-0.2, 0) is 20.8 Å². The predicted octanol–water partition coefficient (Wildman–Crippen LogP) is 3.22. The van der Waals surface area contributed by atoms with Gasteiger partial charge in [0.1, 0.15) is 0 Å². The summed E-state index contributed by atoms with van der Waals surface area (Å²) in [6, 6.07) is 8.91. The molecule has 2 rings (SSSR count). The summed E-state index contributed by atoms with van der Waals surface area (Å²) in [7, 11) is 1.68. The topological polar surface area (TPSA) is 39.7 Å². The second-order valence-corrected chi connectivity index (χ2v) is 6.19. The van der Waals surface area contributed by atoms with Gasteiger partial charge in [0, 0.05) is 25.4 Å². The summed E-state index contributed by atoms with van der Waals surface area (Å²) in [5.41, 5.74) is 2.31. The smallest absolute Gasteiger partial charge is 0.0718 e. The normalized spacial score (nSPS) is 21.2. The molecule has 0 aliphatic carbocycles. The Balaban J connectivity index is 1.85. The molecular weight excluding hydrogens is 266 g/mol. The van der Waals surface area contributed by atoms with E-state index < -0.39 is 0 Å². The summed E-state index contributed by atoms with van der Waals surface area (Å²) in [6.45, 7) is 7.02. The second kappa shape index (κ2) is 7.78. The van der Waals surface area contributed by atoms with Gasteiger partial charge in [-0.25, -0.2) is 0 Å². The largest absolute Gasteiger partial charge is 0.382 e. The lowest BCUT2D eigenvalue weighted by Gasteiger charge is -2.36. The van der Waals surface area contributed by atoms with Crippen LogP contribution < -0.4 is 5.32 Å². The molecule has 1 unspecified atom stereocenters. The highest BCUT2D eigenvalue weighted by Crippen LogP contribution is 2.26. The van der Waals surface area contributed by atoms with Crippen molar-refractivity contribution in [3.05, 3.63) is 29.8 Å². The van der Waals surface area contributed by atoms with E-state index in [0.29, 0.717) is 25.9 Å². The Kier molecular flexibility index (Phi) is 6.03. The maximum absolute atomic E-state index is 5.76. The van der Waals surface area contributed by atoms with E-state index in [-0.39, 0.29) is 5.60 Å². The molecule has 0 spiro atoms. The minimum atomic E-state index is -0.0310. The van der Waals surface area contributed by atoms with E-state index in [2.05, 4.69) is 43.4 Å². The van der Waals surface area contributed by atoms with Crippen molar-refractivity contribution in [1.29, 1.82) is 0 Å². The molecule has 1 saturated heterocycles. The minimum absolute atomic E-state index is 0.0310. The fourth-order valence-electron chi connectivity index (χ4n) is 2.67. The van der Waals surface area contributed by atoms with Gasteiger partial charge in [-0.05, 0) is 44.4 Å². The Morgan fingerprint density at radius 2 is 2.19 bits per heavy atom. The number of hydrogen-bond acceptors (Lipinski definition) is 4. The molecule has 1 aliphatic heterocycles. The van der Waals surface area contributed by atoms with E-state index in [1.165, 1.54) is 5.56 Å². The average Bonchev–Trinajstić information content (AvgIpc) is 2.43. The first-order valence-electron chi connectivity index (χ1n) is 7.65. The zero-order valence-corrected chi connectivity index (χ0v) is 13.4. The van der Waals surface area contributed by atoms with Crippen LogP contribution in [0.5, 0.6) is 0 Å². The summed E-state index contributed by atoms with van der Waals surface area (Å²) >= 11 is 0. The number of methoxy groups -OCH3 is 1. The lowest BCUT2D eigenvalue weighted by Crippen LogP contribution is -2.40. The van der Waals surface area contributed by atoms with Crippen molar-refractivity contribution in [2.24, 2.45) is 0 Å². The monoisotopic (exact) mass is 293 g/mol. The van der Waals surface area contributed by atoms with Gasteiger partial charge < -0.3 is 19.5 Å². The molecule has 0 amide bonds. The van der Waals surface area contributed by atoms with Crippen molar-refractivity contribution in [2.75, 3.05) is 32.2 Å². The Bertz CT molecular complexity index is 434. The third-order valence-electron chi connectivity index (χ3n) is 3.70. The van der Waals surface area contributed by atoms with Gasteiger partial charge in [-0.2, -0.15) is 0 Å². The van der Waals surface area contributed by atoms with E-state index in [4.69, 9.17) is 14.2 Å². The van der Waals surface area contributed by atoms with Gasteiger partial charge in [-0.3, -0.25) is 0 Å². The lowest BCUT2D eigenvalue weighted by molar-refractivity contribution is -0.0553. The molecule has 4 nitrogen and oxygen atoms in total. The zero-order valence-electron chi connectivity index (χ0n) is 13.4. The summed E-state index contributed by atoms with van der Waals surface area (Å²) in [5.74, 6) is 0. The highest BCUT2D eigenvalue weighted by atomic mass is 16.5. The van der Waals surface area contributed by atoms with Crippen LogP contribution >= 0.6 is 0 Å². The zero-order chi connectivity index (χ0) is 15.1. The van der Waals surface area contributed by atoms with Crippen LogP contribution in [0.1, 0.15) is 32.3 Å². The van der Waals surface area contributed by atoms with Crippen molar-refractivity contribution in [2.45, 2.75) is 44.9 Å². The molecule has 0 saturated carbocycles. The van der Waals surface area contributed by atoms with E-state index in [1.807, 2.05) is 0 Å². The summed E-state index contributed by atoms with van der Waals surface area (Å²) in [5, 5.41) is 3.62. The summed E-state index contributed by atoms with van der Waals surface area (Å²) < 4.78 is 16.3.